The van der Waals surface area contributed by atoms with Crippen molar-refractivity contribution < 1.29 is 9.13 Å². The van der Waals surface area contributed by atoms with Gasteiger partial charge in [0.25, 0.3) is 0 Å². The number of nitrogens with zero attached hydrogens (tertiary/aromatic N) is 3. The van der Waals surface area contributed by atoms with Crippen LogP contribution < -0.4 is 4.74 Å². The summed E-state index contributed by atoms with van der Waals surface area (Å²) in [5.41, 5.74) is 1.11. The SMILES string of the molecule is C=CCn1c(COc2ccc(F)cc2)nnc1SCc1cccc(Cl)c1. The van der Waals surface area contributed by atoms with Gasteiger partial charge in [0.1, 0.15) is 18.2 Å². The van der Waals surface area contributed by atoms with Crippen molar-refractivity contribution in [2.75, 3.05) is 0 Å². The molecule has 26 heavy (non-hydrogen) atoms. The summed E-state index contributed by atoms with van der Waals surface area (Å²) in [4.78, 5) is 0. The molecule has 1 heterocycles. The quantitative estimate of drug-likeness (QED) is 0.395. The third-order valence-electron chi connectivity index (χ3n) is 3.54. The number of allylic oxidation sites excluding steroid dienone is 1. The summed E-state index contributed by atoms with van der Waals surface area (Å²) >= 11 is 7.60. The normalized spacial score (nSPS) is 10.7. The molecule has 0 saturated heterocycles. The lowest BCUT2D eigenvalue weighted by molar-refractivity contribution is 0.288. The van der Waals surface area contributed by atoms with Crippen molar-refractivity contribution in [2.24, 2.45) is 0 Å². The molecule has 0 atom stereocenters. The van der Waals surface area contributed by atoms with Gasteiger partial charge in [-0.15, -0.1) is 16.8 Å². The summed E-state index contributed by atoms with van der Waals surface area (Å²) in [6.07, 6.45) is 1.79. The van der Waals surface area contributed by atoms with Gasteiger partial charge in [0.15, 0.2) is 11.0 Å². The molecule has 7 heteroatoms. The maximum absolute atomic E-state index is 13.0. The molecule has 0 N–H and O–H groups in total. The minimum absolute atomic E-state index is 0.240. The molecule has 4 nitrogen and oxygen atoms in total. The van der Waals surface area contributed by atoms with Crippen LogP contribution in [0.1, 0.15) is 11.4 Å². The highest BCUT2D eigenvalue weighted by atomic mass is 35.5. The van der Waals surface area contributed by atoms with Crippen LogP contribution in [0.5, 0.6) is 5.75 Å². The van der Waals surface area contributed by atoms with Crippen LogP contribution in [0.15, 0.2) is 66.3 Å². The molecule has 0 amide bonds. The Bertz CT molecular complexity index is 883. The lowest BCUT2D eigenvalue weighted by Crippen LogP contribution is -2.07. The van der Waals surface area contributed by atoms with Crippen LogP contribution in [0.3, 0.4) is 0 Å². The highest BCUT2D eigenvalue weighted by Gasteiger charge is 2.12. The summed E-state index contributed by atoms with van der Waals surface area (Å²) in [6, 6.07) is 13.6. The monoisotopic (exact) mass is 389 g/mol. The summed E-state index contributed by atoms with van der Waals surface area (Å²) < 4.78 is 20.6. The molecule has 0 radical (unpaired) electrons. The van der Waals surface area contributed by atoms with Gasteiger partial charge in [-0.05, 0) is 42.0 Å². The number of aromatic nitrogens is 3. The Labute approximate surface area is 160 Å². The molecule has 0 aliphatic heterocycles. The van der Waals surface area contributed by atoms with Gasteiger partial charge in [-0.3, -0.25) is 4.57 Å². The second-order valence-electron chi connectivity index (χ2n) is 5.46. The van der Waals surface area contributed by atoms with E-state index in [0.29, 0.717) is 23.1 Å². The molecule has 2 aromatic carbocycles. The van der Waals surface area contributed by atoms with Gasteiger partial charge in [-0.1, -0.05) is 41.6 Å². The van der Waals surface area contributed by atoms with E-state index in [2.05, 4.69) is 16.8 Å². The van der Waals surface area contributed by atoms with Crippen molar-refractivity contribution in [3.8, 4) is 5.75 Å². The van der Waals surface area contributed by atoms with Crippen molar-refractivity contribution in [1.82, 2.24) is 14.8 Å². The van der Waals surface area contributed by atoms with Crippen molar-refractivity contribution in [3.63, 3.8) is 0 Å². The minimum Gasteiger partial charge on any atom is -0.486 e. The molecular weight excluding hydrogens is 373 g/mol. The predicted octanol–water partition coefficient (Wildman–Crippen LogP) is 5.13. The molecule has 0 spiro atoms. The molecule has 0 bridgehead atoms. The van der Waals surface area contributed by atoms with Gasteiger partial charge in [0.05, 0.1) is 0 Å². The molecule has 3 aromatic rings. The molecule has 3 rings (SSSR count). The first kappa shape index (κ1) is 18.5. The Hall–Kier alpha value is -2.31. The topological polar surface area (TPSA) is 39.9 Å². The Kier molecular flexibility index (Phi) is 6.30. The summed E-state index contributed by atoms with van der Waals surface area (Å²) in [5, 5.41) is 9.96. The maximum atomic E-state index is 13.0. The lowest BCUT2D eigenvalue weighted by atomic mass is 10.2. The lowest BCUT2D eigenvalue weighted by Gasteiger charge is -2.09. The van der Waals surface area contributed by atoms with Gasteiger partial charge >= 0.3 is 0 Å². The molecule has 0 aliphatic carbocycles. The summed E-state index contributed by atoms with van der Waals surface area (Å²) in [6.45, 7) is 4.61. The smallest absolute Gasteiger partial charge is 0.191 e. The molecule has 0 aliphatic rings. The highest BCUT2D eigenvalue weighted by Crippen LogP contribution is 2.24. The standard InChI is InChI=1S/C19H17ClFN3OS/c1-2-10-24-18(12-25-17-8-6-16(21)7-9-17)22-23-19(24)26-13-14-4-3-5-15(20)11-14/h2-9,11H,1,10,12-13H2. The fraction of sp³-hybridized carbons (Fsp3) is 0.158. The van der Waals surface area contributed by atoms with Crippen molar-refractivity contribution >= 4 is 23.4 Å². The number of halogens is 2. The van der Waals surface area contributed by atoms with E-state index in [9.17, 15) is 4.39 Å². The third kappa shape index (κ3) is 4.86. The summed E-state index contributed by atoms with van der Waals surface area (Å²) in [5.74, 6) is 1.69. The second-order valence-corrected chi connectivity index (χ2v) is 6.84. The van der Waals surface area contributed by atoms with Gasteiger partial charge < -0.3 is 4.74 Å². The van der Waals surface area contributed by atoms with Gasteiger partial charge in [-0.2, -0.15) is 0 Å². The molecule has 134 valence electrons. The molecule has 0 saturated carbocycles. The van der Waals surface area contributed by atoms with Crippen molar-refractivity contribution in [1.29, 1.82) is 0 Å². The first-order valence-corrected chi connectivity index (χ1v) is 9.30. The van der Waals surface area contributed by atoms with Crippen LogP contribution in [0.4, 0.5) is 4.39 Å². The first-order valence-electron chi connectivity index (χ1n) is 7.94. The van der Waals surface area contributed by atoms with Crippen LogP contribution in [-0.4, -0.2) is 14.8 Å². The van der Waals surface area contributed by atoms with Crippen LogP contribution in [0, 0.1) is 5.82 Å². The van der Waals surface area contributed by atoms with Crippen LogP contribution in [-0.2, 0) is 18.9 Å². The largest absolute Gasteiger partial charge is 0.486 e. The van der Waals surface area contributed by atoms with Crippen molar-refractivity contribution in [2.45, 2.75) is 24.1 Å². The van der Waals surface area contributed by atoms with Crippen LogP contribution in [0.25, 0.3) is 0 Å². The predicted molar refractivity (Wildman–Crippen MR) is 102 cm³/mol. The number of rotatable bonds is 8. The van der Waals surface area contributed by atoms with E-state index in [1.807, 2.05) is 28.8 Å². The number of hydrogen-bond donors (Lipinski definition) is 0. The third-order valence-corrected chi connectivity index (χ3v) is 4.82. The van der Waals surface area contributed by atoms with E-state index in [0.717, 1.165) is 16.5 Å². The summed E-state index contributed by atoms with van der Waals surface area (Å²) in [7, 11) is 0. The molecule has 0 unspecified atom stereocenters. The zero-order chi connectivity index (χ0) is 18.4. The van der Waals surface area contributed by atoms with Gasteiger partial charge in [0, 0.05) is 17.3 Å². The van der Waals surface area contributed by atoms with Crippen molar-refractivity contribution in [3.05, 3.63) is 83.4 Å². The zero-order valence-electron chi connectivity index (χ0n) is 13.9. The fourth-order valence-corrected chi connectivity index (χ4v) is 3.42. The zero-order valence-corrected chi connectivity index (χ0v) is 15.5. The van der Waals surface area contributed by atoms with E-state index >= 15 is 0 Å². The molecular formula is C19H17ClFN3OS. The number of ether oxygens (including phenoxy) is 1. The molecule has 1 aromatic heterocycles. The van der Waals surface area contributed by atoms with E-state index < -0.39 is 0 Å². The van der Waals surface area contributed by atoms with E-state index in [1.54, 1.807) is 30.0 Å². The van der Waals surface area contributed by atoms with Gasteiger partial charge in [0.2, 0.25) is 0 Å². The van der Waals surface area contributed by atoms with Crippen LogP contribution in [0.2, 0.25) is 5.02 Å². The minimum atomic E-state index is -0.299. The number of hydrogen-bond acceptors (Lipinski definition) is 4. The Morgan fingerprint density at radius 3 is 2.73 bits per heavy atom. The average Bonchev–Trinajstić information content (AvgIpc) is 3.02. The number of thioether (sulfide) groups is 1. The Morgan fingerprint density at radius 1 is 1.19 bits per heavy atom. The maximum Gasteiger partial charge on any atom is 0.191 e. The van der Waals surface area contributed by atoms with E-state index in [-0.39, 0.29) is 12.4 Å². The average molecular weight is 390 g/mol. The fourth-order valence-electron chi connectivity index (χ4n) is 2.30. The Morgan fingerprint density at radius 2 is 2.00 bits per heavy atom. The van der Waals surface area contributed by atoms with Crippen LogP contribution >= 0.6 is 23.4 Å². The number of benzene rings is 2. The molecule has 0 fully saturated rings. The van der Waals surface area contributed by atoms with Gasteiger partial charge in [-0.25, -0.2) is 4.39 Å². The van der Waals surface area contributed by atoms with E-state index in [1.165, 1.54) is 12.1 Å². The second kappa shape index (κ2) is 8.87. The van der Waals surface area contributed by atoms with E-state index in [4.69, 9.17) is 16.3 Å². The Balaban J connectivity index is 1.68. The highest BCUT2D eigenvalue weighted by molar-refractivity contribution is 7.98. The first-order chi connectivity index (χ1) is 12.7.